The quantitative estimate of drug-likeness (QED) is 0.207. The molecular formula is C27H40N2O. The van der Waals surface area contributed by atoms with Crippen molar-refractivity contribution < 1.29 is 4.74 Å². The zero-order valence-corrected chi connectivity index (χ0v) is 19.1. The molecule has 0 fully saturated rings. The third-order valence-corrected chi connectivity index (χ3v) is 5.41. The van der Waals surface area contributed by atoms with Crippen molar-refractivity contribution >= 4 is 0 Å². The van der Waals surface area contributed by atoms with Crippen molar-refractivity contribution in [2.45, 2.75) is 97.3 Å². The minimum absolute atomic E-state index is 0.774. The Hall–Kier alpha value is -2.16. The first-order valence-electron chi connectivity index (χ1n) is 12.1. The molecule has 0 unspecified atom stereocenters. The van der Waals surface area contributed by atoms with Gasteiger partial charge in [0.2, 0.25) is 0 Å². The van der Waals surface area contributed by atoms with Crippen molar-refractivity contribution in [3.05, 3.63) is 54.6 Å². The van der Waals surface area contributed by atoms with Crippen molar-refractivity contribution in [1.29, 1.82) is 0 Å². The lowest BCUT2D eigenvalue weighted by atomic mass is 10.1. The van der Waals surface area contributed by atoms with Gasteiger partial charge < -0.3 is 4.74 Å². The maximum absolute atomic E-state index is 5.70. The van der Waals surface area contributed by atoms with E-state index in [1.165, 1.54) is 76.2 Å². The Balaban J connectivity index is 1.70. The first-order valence-corrected chi connectivity index (χ1v) is 12.1. The van der Waals surface area contributed by atoms with Crippen molar-refractivity contribution in [3.63, 3.8) is 0 Å². The predicted molar refractivity (Wildman–Crippen MR) is 128 cm³/mol. The summed E-state index contributed by atoms with van der Waals surface area (Å²) >= 11 is 0. The zero-order chi connectivity index (χ0) is 21.3. The first-order chi connectivity index (χ1) is 14.8. The van der Waals surface area contributed by atoms with Gasteiger partial charge in [-0.3, -0.25) is 0 Å². The van der Waals surface area contributed by atoms with E-state index in [1.54, 1.807) is 0 Å². The maximum atomic E-state index is 5.70. The van der Waals surface area contributed by atoms with E-state index in [2.05, 4.69) is 29.9 Å². The van der Waals surface area contributed by atoms with Crippen LogP contribution in [0.3, 0.4) is 0 Å². The Morgan fingerprint density at radius 2 is 1.33 bits per heavy atom. The summed E-state index contributed by atoms with van der Waals surface area (Å²) < 4.78 is 5.70. The molecule has 1 aromatic heterocycles. The van der Waals surface area contributed by atoms with Crippen LogP contribution in [0, 0.1) is 0 Å². The molecule has 164 valence electrons. The molecule has 1 aromatic carbocycles. The highest BCUT2D eigenvalue weighted by molar-refractivity contribution is 5.55. The predicted octanol–water partition coefficient (Wildman–Crippen LogP) is 8.30. The molecule has 3 nitrogen and oxygen atoms in total. The van der Waals surface area contributed by atoms with Crippen LogP contribution in [0.15, 0.2) is 49.0 Å². The van der Waals surface area contributed by atoms with Gasteiger partial charge in [0.25, 0.3) is 0 Å². The number of hydrogen-bond donors (Lipinski definition) is 0. The highest BCUT2D eigenvalue weighted by atomic mass is 16.5. The number of benzene rings is 1. The van der Waals surface area contributed by atoms with E-state index in [0.29, 0.717) is 0 Å². The molecule has 0 spiro atoms. The van der Waals surface area contributed by atoms with Crippen molar-refractivity contribution in [2.75, 3.05) is 0 Å². The summed E-state index contributed by atoms with van der Waals surface area (Å²) in [6, 6.07) is 8.01. The molecule has 2 aromatic rings. The second-order valence-electron chi connectivity index (χ2n) is 8.15. The van der Waals surface area contributed by atoms with Gasteiger partial charge in [0, 0.05) is 18.0 Å². The topological polar surface area (TPSA) is 35.0 Å². The van der Waals surface area contributed by atoms with Crippen molar-refractivity contribution in [2.24, 2.45) is 0 Å². The van der Waals surface area contributed by atoms with E-state index in [0.717, 1.165) is 30.0 Å². The molecule has 30 heavy (non-hydrogen) atoms. The Bertz CT molecular complexity index is 692. The summed E-state index contributed by atoms with van der Waals surface area (Å²) in [5.41, 5.74) is 2.25. The number of allylic oxidation sites excluding steroid dienone is 1. The van der Waals surface area contributed by atoms with Gasteiger partial charge in [-0.05, 0) is 61.6 Å². The number of aryl methyl sites for hydroxylation is 1. The van der Waals surface area contributed by atoms with E-state index >= 15 is 0 Å². The molecule has 0 atom stereocenters. The molecule has 0 saturated heterocycles. The smallest absolute Gasteiger partial charge is 0.159 e. The molecule has 2 rings (SSSR count). The number of hydrogen-bond acceptors (Lipinski definition) is 3. The highest BCUT2D eigenvalue weighted by Gasteiger charge is 2.02. The largest absolute Gasteiger partial charge is 0.465 e. The normalized spacial score (nSPS) is 11.3. The minimum Gasteiger partial charge on any atom is -0.465 e. The molecule has 0 saturated carbocycles. The van der Waals surface area contributed by atoms with E-state index < -0.39 is 0 Å². The van der Waals surface area contributed by atoms with Crippen LogP contribution < -0.4 is 4.74 Å². The van der Waals surface area contributed by atoms with Gasteiger partial charge in [-0.15, -0.1) is 0 Å². The number of nitrogens with zero attached hydrogens (tertiary/aromatic N) is 2. The summed E-state index contributed by atoms with van der Waals surface area (Å²) in [6.07, 6.45) is 24.5. The Labute approximate surface area is 184 Å². The lowest BCUT2D eigenvalue weighted by Gasteiger charge is -2.05. The third kappa shape index (κ3) is 10.0. The summed E-state index contributed by atoms with van der Waals surface area (Å²) in [4.78, 5) is 9.12. The van der Waals surface area contributed by atoms with Gasteiger partial charge in [0.1, 0.15) is 5.75 Å². The van der Waals surface area contributed by atoms with Gasteiger partial charge in [0.05, 0.1) is 6.26 Å². The molecular weight excluding hydrogens is 368 g/mol. The standard InChI is InChI=1S/C27H40N2O/c1-3-5-7-9-11-13-15-21-30-26-19-17-25(18-20-26)27-28-22-24(23-29-27)16-14-12-10-8-6-4-2/h15,17-23H,3-14,16H2,1-2H3. The molecule has 0 aliphatic rings. The van der Waals surface area contributed by atoms with Gasteiger partial charge in [-0.25, -0.2) is 9.97 Å². The van der Waals surface area contributed by atoms with Crippen molar-refractivity contribution in [1.82, 2.24) is 9.97 Å². The van der Waals surface area contributed by atoms with Gasteiger partial charge in [-0.1, -0.05) is 71.6 Å². The highest BCUT2D eigenvalue weighted by Crippen LogP contribution is 2.20. The molecule has 3 heteroatoms. The van der Waals surface area contributed by atoms with Gasteiger partial charge in [-0.2, -0.15) is 0 Å². The van der Waals surface area contributed by atoms with E-state index in [-0.39, 0.29) is 0 Å². The Morgan fingerprint density at radius 1 is 0.733 bits per heavy atom. The van der Waals surface area contributed by atoms with Gasteiger partial charge >= 0.3 is 0 Å². The fourth-order valence-electron chi connectivity index (χ4n) is 3.49. The summed E-state index contributed by atoms with van der Waals surface area (Å²) in [7, 11) is 0. The summed E-state index contributed by atoms with van der Waals surface area (Å²) in [5.74, 6) is 1.62. The minimum atomic E-state index is 0.774. The zero-order valence-electron chi connectivity index (χ0n) is 19.1. The Kier molecular flexibility index (Phi) is 12.6. The SMILES string of the molecule is CCCCCCCC=COc1ccc(-c2ncc(CCCCCCCC)cn2)cc1. The molecule has 1 heterocycles. The second kappa shape index (κ2) is 15.6. The molecule has 0 aliphatic carbocycles. The number of rotatable bonds is 16. The maximum Gasteiger partial charge on any atom is 0.159 e. The molecule has 0 radical (unpaired) electrons. The molecule has 0 aliphatic heterocycles. The molecule has 0 N–H and O–H groups in total. The van der Waals surface area contributed by atoms with Gasteiger partial charge in [0.15, 0.2) is 5.82 Å². The van der Waals surface area contributed by atoms with Crippen LogP contribution in [-0.4, -0.2) is 9.97 Å². The van der Waals surface area contributed by atoms with E-state index in [4.69, 9.17) is 4.74 Å². The average molecular weight is 409 g/mol. The lowest BCUT2D eigenvalue weighted by Crippen LogP contribution is -1.93. The van der Waals surface area contributed by atoms with Crippen LogP contribution in [-0.2, 0) is 6.42 Å². The average Bonchev–Trinajstić information content (AvgIpc) is 2.79. The van der Waals surface area contributed by atoms with Crippen LogP contribution in [0.25, 0.3) is 11.4 Å². The molecule has 0 amide bonds. The number of unbranched alkanes of at least 4 members (excludes halogenated alkanes) is 10. The Morgan fingerprint density at radius 3 is 2.00 bits per heavy atom. The number of ether oxygens (including phenoxy) is 1. The van der Waals surface area contributed by atoms with E-state index in [9.17, 15) is 0 Å². The van der Waals surface area contributed by atoms with Crippen molar-refractivity contribution in [3.8, 4) is 17.1 Å². The lowest BCUT2D eigenvalue weighted by molar-refractivity contribution is 0.477. The monoisotopic (exact) mass is 408 g/mol. The number of aromatic nitrogens is 2. The summed E-state index contributed by atoms with van der Waals surface area (Å²) in [5, 5.41) is 0. The van der Waals surface area contributed by atoms with Crippen LogP contribution >= 0.6 is 0 Å². The van der Waals surface area contributed by atoms with Crippen LogP contribution in [0.4, 0.5) is 0 Å². The van der Waals surface area contributed by atoms with Crippen LogP contribution in [0.1, 0.15) is 96.5 Å². The summed E-state index contributed by atoms with van der Waals surface area (Å²) in [6.45, 7) is 4.51. The van der Waals surface area contributed by atoms with Crippen LogP contribution in [0.2, 0.25) is 0 Å². The van der Waals surface area contributed by atoms with E-state index in [1.807, 2.05) is 42.9 Å². The second-order valence-corrected chi connectivity index (χ2v) is 8.15. The van der Waals surface area contributed by atoms with Crippen LogP contribution in [0.5, 0.6) is 5.75 Å². The first kappa shape index (κ1) is 24.1. The third-order valence-electron chi connectivity index (χ3n) is 5.41. The molecule has 0 bridgehead atoms. The fraction of sp³-hybridized carbons (Fsp3) is 0.556. The fourth-order valence-corrected chi connectivity index (χ4v) is 3.49.